The van der Waals surface area contributed by atoms with Crippen molar-refractivity contribution in [3.63, 3.8) is 0 Å². The van der Waals surface area contributed by atoms with Crippen LogP contribution in [0.4, 0.5) is 5.69 Å². The lowest BCUT2D eigenvalue weighted by atomic mass is 9.87. The van der Waals surface area contributed by atoms with Crippen molar-refractivity contribution in [3.05, 3.63) is 313 Å². The van der Waals surface area contributed by atoms with E-state index in [1.54, 1.807) is 0 Å². The molecule has 11 aromatic carbocycles. The number of aromatic nitrogens is 4. The van der Waals surface area contributed by atoms with Gasteiger partial charge in [-0.05, 0) is 307 Å². The van der Waals surface area contributed by atoms with Gasteiger partial charge in [0.2, 0.25) is 0 Å². The highest BCUT2D eigenvalue weighted by Gasteiger charge is 2.30. The van der Waals surface area contributed by atoms with Gasteiger partial charge < -0.3 is 25.3 Å². The Balaban J connectivity index is 0.697. The number of anilines is 1. The Bertz CT molecular complexity index is 7220. The van der Waals surface area contributed by atoms with E-state index in [1.807, 2.05) is 0 Å². The molecule has 5 nitrogen and oxygen atoms in total. The zero-order chi connectivity index (χ0) is 77.9. The maximum absolute atomic E-state index is 3.66. The van der Waals surface area contributed by atoms with Crippen molar-refractivity contribution in [2.45, 2.75) is 95.4 Å². The van der Waals surface area contributed by atoms with Gasteiger partial charge >= 0.3 is 0 Å². The molecule has 1 aliphatic carbocycles. The molecule has 113 heavy (non-hydrogen) atoms. The SMILES string of the molecule is CC(C)(C)C#Cc1ccc2c(c1)C1CC(C#Cc3cc(C#Cc4ccc5[nH]c6ccc(C#Cc7cc(C#Cc8ccc9[nH]c%10ccc(C#CC(C)(C)C)cc%10c9c8)cc(C#Cc8ccc9[nH]c%10ccc(C#CC(C)(C)C)cc%10c9c8)c7)cc6c5c4)cc(C#Cc4ccc5[nH]c6ccc(C#CC(C)(C)C)cc6c5c4)c3)=CC=C1N2. The molecule has 0 fully saturated rings. The van der Waals surface area contributed by atoms with E-state index in [9.17, 15) is 0 Å². The van der Waals surface area contributed by atoms with Crippen molar-refractivity contribution >= 4 is 92.9 Å². The van der Waals surface area contributed by atoms with Crippen molar-refractivity contribution in [1.82, 2.24) is 19.9 Å². The zero-order valence-electron chi connectivity index (χ0n) is 65.5. The van der Waals surface area contributed by atoms with E-state index in [1.165, 1.54) is 11.3 Å². The van der Waals surface area contributed by atoms with Crippen LogP contribution in [0.5, 0.6) is 0 Å². The number of nitrogens with one attached hydrogen (secondary N) is 5. The quantitative estimate of drug-likeness (QED) is 0.0965. The lowest BCUT2D eigenvalue weighted by Crippen LogP contribution is -2.05. The molecule has 0 amide bonds. The average Bonchev–Trinajstić information content (AvgIpc) is 1.66. The lowest BCUT2D eigenvalue weighted by molar-refractivity contribution is 0.570. The second kappa shape index (κ2) is 28.5. The monoisotopic (exact) mass is 1450 g/mol. The fourth-order valence-corrected chi connectivity index (χ4v) is 14.2. The maximum Gasteiger partial charge on any atom is 0.0465 e. The van der Waals surface area contributed by atoms with Crippen LogP contribution in [0, 0.1) is 140 Å². The molecule has 1 aliphatic heterocycles. The third kappa shape index (κ3) is 16.3. The first-order valence-electron chi connectivity index (χ1n) is 38.4. The van der Waals surface area contributed by atoms with Crippen LogP contribution in [0.1, 0.15) is 184 Å². The summed E-state index contributed by atoms with van der Waals surface area (Å²) < 4.78 is 0. The van der Waals surface area contributed by atoms with Crippen LogP contribution in [0.3, 0.4) is 0 Å². The van der Waals surface area contributed by atoms with Crippen LogP contribution < -0.4 is 5.32 Å². The summed E-state index contributed by atoms with van der Waals surface area (Å²) in [4.78, 5) is 14.4. The third-order valence-electron chi connectivity index (χ3n) is 19.7. The summed E-state index contributed by atoms with van der Waals surface area (Å²) in [6, 6.07) is 69.7. The Morgan fingerprint density at radius 1 is 0.230 bits per heavy atom. The number of hydrogen-bond acceptors (Lipinski definition) is 1. The molecule has 5 heterocycles. The van der Waals surface area contributed by atoms with Gasteiger partial charge in [0.15, 0.2) is 0 Å². The number of H-pyrrole nitrogens is 4. The van der Waals surface area contributed by atoms with E-state index in [0.29, 0.717) is 0 Å². The number of allylic oxidation sites excluding steroid dienone is 4. The standard InChI is InChI=1S/C108H79N5/c1-105(2,3)49-45-75-31-41-101-91(65-75)87-61-71(27-37-97(87)110-101)15-21-81-53-79(54-82(57-81)22-16-72-28-38-98-88(62-72)92-66-76(32-42-102(92)111-98)46-50-106(4,5)6)19-13-69-25-35-95-85(59-69)86-60-70(26-36-96(86)109-95)14-20-80-55-83(23-17-73-29-39-99-89(63-73)93-67-77(33-43-103(93)112-99)47-51-107(7,8)9)58-84(56-80)24-18-74-30-40-100-90(64-74)94-68-78(34-44-104(94)113-100)48-52-108(10,11)12/h25-44,53-63,65-68,90,109-113H,64H2,1-12H3. The number of benzene rings is 11. The van der Waals surface area contributed by atoms with Crippen LogP contribution in [0.25, 0.3) is 87.2 Å². The second-order valence-corrected chi connectivity index (χ2v) is 33.7. The van der Waals surface area contributed by atoms with Gasteiger partial charge in [-0.2, -0.15) is 0 Å². The molecule has 0 radical (unpaired) electrons. The van der Waals surface area contributed by atoms with Crippen LogP contribution in [0.2, 0.25) is 0 Å². The highest BCUT2D eigenvalue weighted by atomic mass is 14.9. The largest absolute Gasteiger partial charge is 0.358 e. The Morgan fingerprint density at radius 2 is 0.451 bits per heavy atom. The predicted octanol–water partition coefficient (Wildman–Crippen LogP) is 23.6. The Hall–Kier alpha value is -14.5. The Kier molecular flexibility index (Phi) is 18.0. The van der Waals surface area contributed by atoms with E-state index in [4.69, 9.17) is 0 Å². The van der Waals surface area contributed by atoms with E-state index in [2.05, 4.69) is 439 Å². The molecular weight excluding hydrogens is 1370 g/mol. The number of rotatable bonds is 0. The van der Waals surface area contributed by atoms with Gasteiger partial charge in [-0.15, -0.1) is 0 Å². The molecule has 0 saturated carbocycles. The summed E-state index contributed by atoms with van der Waals surface area (Å²) in [6.45, 7) is 25.6. The van der Waals surface area contributed by atoms with Crippen LogP contribution in [-0.2, 0) is 0 Å². The summed E-state index contributed by atoms with van der Waals surface area (Å²) in [6.07, 6.45) is 5.09. The fourth-order valence-electron chi connectivity index (χ4n) is 14.2. The van der Waals surface area contributed by atoms with Crippen molar-refractivity contribution < 1.29 is 0 Å². The summed E-state index contributed by atoms with van der Waals surface area (Å²) in [5, 5.41) is 12.4. The highest BCUT2D eigenvalue weighted by Crippen LogP contribution is 2.45. The summed E-state index contributed by atoms with van der Waals surface area (Å²) in [5.74, 6) is 69.7. The van der Waals surface area contributed by atoms with Gasteiger partial charge in [-0.1, -0.05) is 118 Å². The minimum absolute atomic E-state index is 0.0942. The summed E-state index contributed by atoms with van der Waals surface area (Å²) >= 11 is 0. The Morgan fingerprint density at radius 3 is 0.708 bits per heavy atom. The molecule has 0 saturated heterocycles. The van der Waals surface area contributed by atoms with Gasteiger partial charge in [0.1, 0.15) is 0 Å². The molecule has 5 heteroatoms. The first kappa shape index (κ1) is 71.4. The molecule has 4 aromatic heterocycles. The smallest absolute Gasteiger partial charge is 0.0465 e. The number of aromatic amines is 4. The van der Waals surface area contributed by atoms with Gasteiger partial charge in [0.25, 0.3) is 0 Å². The van der Waals surface area contributed by atoms with Crippen LogP contribution >= 0.6 is 0 Å². The van der Waals surface area contributed by atoms with E-state index < -0.39 is 0 Å². The van der Waals surface area contributed by atoms with Gasteiger partial charge in [-0.25, -0.2) is 0 Å². The molecule has 17 rings (SSSR count). The molecule has 2 aliphatic rings. The fraction of sp³-hybridized carbons (Fsp3) is 0.167. The second-order valence-electron chi connectivity index (χ2n) is 33.7. The molecule has 0 spiro atoms. The highest BCUT2D eigenvalue weighted by molar-refractivity contribution is 6.11. The number of fused-ring (bicyclic) bond motifs is 15. The molecule has 536 valence electrons. The minimum Gasteiger partial charge on any atom is -0.358 e. The topological polar surface area (TPSA) is 75.2 Å². The first-order valence-corrected chi connectivity index (χ1v) is 38.4. The van der Waals surface area contributed by atoms with E-state index >= 15 is 0 Å². The third-order valence-corrected chi connectivity index (χ3v) is 19.7. The van der Waals surface area contributed by atoms with Gasteiger partial charge in [0.05, 0.1) is 0 Å². The normalized spacial score (nSPS) is 12.8. The van der Waals surface area contributed by atoms with E-state index in [0.717, 1.165) is 188 Å². The van der Waals surface area contributed by atoms with Gasteiger partial charge in [-0.3, -0.25) is 0 Å². The zero-order valence-corrected chi connectivity index (χ0v) is 65.5. The number of hydrogen-bond donors (Lipinski definition) is 5. The van der Waals surface area contributed by atoms with Crippen LogP contribution in [0.15, 0.2) is 224 Å². The van der Waals surface area contributed by atoms with Crippen molar-refractivity contribution in [2.75, 3.05) is 5.32 Å². The van der Waals surface area contributed by atoms with E-state index in [-0.39, 0.29) is 27.6 Å². The molecule has 1 unspecified atom stereocenters. The maximum atomic E-state index is 3.66. The molecular formula is C108H79N5. The van der Waals surface area contributed by atoms with Gasteiger partial charge in [0, 0.05) is 215 Å². The predicted molar refractivity (Wildman–Crippen MR) is 472 cm³/mol. The molecule has 0 bridgehead atoms. The lowest BCUT2D eigenvalue weighted by Gasteiger charge is -2.16. The van der Waals surface area contributed by atoms with Crippen molar-refractivity contribution in [3.8, 4) is 118 Å². The molecule has 1 atom stereocenters. The van der Waals surface area contributed by atoms with Crippen molar-refractivity contribution in [1.29, 1.82) is 0 Å². The average molecular weight is 1450 g/mol. The molecule has 5 N–H and O–H groups in total. The first-order chi connectivity index (χ1) is 54.3. The summed E-state index contributed by atoms with van der Waals surface area (Å²) in [7, 11) is 0. The molecule has 15 aromatic rings. The van der Waals surface area contributed by atoms with Crippen LogP contribution in [-0.4, -0.2) is 19.9 Å². The summed E-state index contributed by atoms with van der Waals surface area (Å²) in [5.41, 5.74) is 25.7. The minimum atomic E-state index is -0.108. The Labute approximate surface area is 662 Å². The van der Waals surface area contributed by atoms with Crippen molar-refractivity contribution in [2.24, 2.45) is 21.7 Å².